The molecule has 2 aromatic heterocycles. The number of rotatable bonds is 6. The summed E-state index contributed by atoms with van der Waals surface area (Å²) >= 11 is 3.04. The zero-order chi connectivity index (χ0) is 16.9. The number of carbonyl (C=O) groups is 1. The van der Waals surface area contributed by atoms with Gasteiger partial charge in [-0.15, -0.1) is 11.3 Å². The first-order valence-electron chi connectivity index (χ1n) is 7.47. The maximum atomic E-state index is 12.1. The summed E-state index contributed by atoms with van der Waals surface area (Å²) in [6.07, 6.45) is 1.54. The Morgan fingerprint density at radius 3 is 2.75 bits per heavy atom. The fourth-order valence-corrected chi connectivity index (χ4v) is 3.94. The van der Waals surface area contributed by atoms with E-state index in [-0.39, 0.29) is 5.91 Å². The van der Waals surface area contributed by atoms with E-state index in [1.54, 1.807) is 17.7 Å². The Morgan fingerprint density at radius 1 is 1.21 bits per heavy atom. The van der Waals surface area contributed by atoms with Crippen LogP contribution in [0.15, 0.2) is 47.1 Å². The van der Waals surface area contributed by atoms with Gasteiger partial charge in [-0.25, -0.2) is 9.97 Å². The molecule has 124 valence electrons. The molecule has 1 amide bonds. The van der Waals surface area contributed by atoms with E-state index < -0.39 is 0 Å². The number of fused-ring (bicyclic) bond motifs is 1. The van der Waals surface area contributed by atoms with Crippen LogP contribution in [-0.4, -0.2) is 35.7 Å². The van der Waals surface area contributed by atoms with E-state index in [1.165, 1.54) is 11.8 Å². The number of hydrogen-bond donors (Lipinski definition) is 1. The molecular formula is C17H18N4OS2. The Labute approximate surface area is 149 Å². The van der Waals surface area contributed by atoms with Crippen LogP contribution in [-0.2, 0) is 11.3 Å². The quantitative estimate of drug-likeness (QED) is 0.542. The maximum Gasteiger partial charge on any atom is 0.230 e. The first kappa shape index (κ1) is 16.7. The molecule has 0 aliphatic carbocycles. The number of anilines is 1. The van der Waals surface area contributed by atoms with E-state index in [2.05, 4.69) is 15.3 Å². The fourth-order valence-electron chi connectivity index (χ4n) is 2.17. The van der Waals surface area contributed by atoms with E-state index in [0.29, 0.717) is 12.3 Å². The smallest absolute Gasteiger partial charge is 0.230 e. The molecule has 0 saturated carbocycles. The lowest BCUT2D eigenvalue weighted by atomic mass is 10.2. The van der Waals surface area contributed by atoms with Crippen LogP contribution in [0.5, 0.6) is 0 Å². The number of thioether (sulfide) groups is 1. The van der Waals surface area contributed by atoms with Gasteiger partial charge < -0.3 is 10.2 Å². The molecule has 0 unspecified atom stereocenters. The van der Waals surface area contributed by atoms with Gasteiger partial charge in [-0.05, 0) is 29.1 Å². The molecule has 0 radical (unpaired) electrons. The van der Waals surface area contributed by atoms with E-state index in [4.69, 9.17) is 0 Å². The van der Waals surface area contributed by atoms with Crippen molar-refractivity contribution in [2.45, 2.75) is 11.6 Å². The molecule has 0 spiro atoms. The highest BCUT2D eigenvalue weighted by Crippen LogP contribution is 2.28. The van der Waals surface area contributed by atoms with Gasteiger partial charge in [0.05, 0.1) is 16.0 Å². The summed E-state index contributed by atoms with van der Waals surface area (Å²) in [6.45, 7) is 0.533. The van der Waals surface area contributed by atoms with Gasteiger partial charge in [0.15, 0.2) is 0 Å². The molecule has 0 aliphatic heterocycles. The van der Waals surface area contributed by atoms with Crippen molar-refractivity contribution in [2.24, 2.45) is 0 Å². The molecule has 0 bridgehead atoms. The summed E-state index contributed by atoms with van der Waals surface area (Å²) in [5.41, 5.74) is 3.16. The Balaban J connectivity index is 1.51. The van der Waals surface area contributed by atoms with Gasteiger partial charge in [-0.2, -0.15) is 0 Å². The maximum absolute atomic E-state index is 12.1. The van der Waals surface area contributed by atoms with Gasteiger partial charge in [-0.1, -0.05) is 23.9 Å². The van der Waals surface area contributed by atoms with Crippen LogP contribution < -0.4 is 10.2 Å². The summed E-state index contributed by atoms with van der Waals surface area (Å²) < 4.78 is 1.04. The van der Waals surface area contributed by atoms with E-state index in [0.717, 1.165) is 26.5 Å². The molecule has 1 N–H and O–H groups in total. The van der Waals surface area contributed by atoms with Gasteiger partial charge in [0, 0.05) is 26.3 Å². The molecule has 3 rings (SSSR count). The minimum Gasteiger partial charge on any atom is -0.378 e. The van der Waals surface area contributed by atoms with E-state index in [9.17, 15) is 4.79 Å². The van der Waals surface area contributed by atoms with Gasteiger partial charge >= 0.3 is 0 Å². The highest BCUT2D eigenvalue weighted by molar-refractivity contribution is 8.00. The van der Waals surface area contributed by atoms with Crippen molar-refractivity contribution in [3.63, 3.8) is 0 Å². The number of nitrogens with one attached hydrogen (secondary N) is 1. The van der Waals surface area contributed by atoms with Crippen molar-refractivity contribution in [3.8, 4) is 0 Å². The lowest BCUT2D eigenvalue weighted by molar-refractivity contribution is -0.118. The van der Waals surface area contributed by atoms with Gasteiger partial charge in [-0.3, -0.25) is 4.79 Å². The third-order valence-corrected chi connectivity index (χ3v) is 5.52. The Kier molecular flexibility index (Phi) is 5.32. The monoisotopic (exact) mass is 358 g/mol. The minimum atomic E-state index is 0.00000415. The molecule has 0 aliphatic rings. The van der Waals surface area contributed by atoms with Crippen LogP contribution in [0.2, 0.25) is 0 Å². The van der Waals surface area contributed by atoms with Gasteiger partial charge in [0.1, 0.15) is 11.4 Å². The zero-order valence-electron chi connectivity index (χ0n) is 13.5. The first-order valence-corrected chi connectivity index (χ1v) is 9.34. The van der Waals surface area contributed by atoms with Crippen molar-refractivity contribution in [1.82, 2.24) is 15.3 Å². The van der Waals surface area contributed by atoms with Gasteiger partial charge in [0.2, 0.25) is 5.91 Å². The zero-order valence-corrected chi connectivity index (χ0v) is 15.2. The molecule has 0 fully saturated rings. The third kappa shape index (κ3) is 4.04. The Hall–Kier alpha value is -2.12. The standard InChI is InChI=1S/C17H18N4OS2/c1-21(2)13-5-3-12(4-6-13)9-18-15(22)10-24-17-16-14(7-8-23-16)19-11-20-17/h3-8,11H,9-10H2,1-2H3,(H,18,22). The molecule has 24 heavy (non-hydrogen) atoms. The molecule has 7 heteroatoms. The van der Waals surface area contributed by atoms with Crippen molar-refractivity contribution in [3.05, 3.63) is 47.6 Å². The second-order valence-corrected chi connectivity index (χ2v) is 7.32. The summed E-state index contributed by atoms with van der Waals surface area (Å²) in [5.74, 6) is 0.347. The van der Waals surface area contributed by atoms with Crippen molar-refractivity contribution >= 4 is 44.9 Å². The average Bonchev–Trinajstić information content (AvgIpc) is 3.07. The van der Waals surface area contributed by atoms with Crippen molar-refractivity contribution in [1.29, 1.82) is 0 Å². The molecule has 1 aromatic carbocycles. The molecule has 0 atom stereocenters. The predicted octanol–water partition coefficient (Wildman–Crippen LogP) is 3.17. The second-order valence-electron chi connectivity index (χ2n) is 5.44. The molecule has 0 saturated heterocycles. The summed E-state index contributed by atoms with van der Waals surface area (Å²) in [6, 6.07) is 10.1. The number of aromatic nitrogens is 2. The largest absolute Gasteiger partial charge is 0.378 e. The number of benzene rings is 1. The highest BCUT2D eigenvalue weighted by atomic mass is 32.2. The van der Waals surface area contributed by atoms with Crippen LogP contribution >= 0.6 is 23.1 Å². The van der Waals surface area contributed by atoms with Crippen LogP contribution in [0.1, 0.15) is 5.56 Å². The van der Waals surface area contributed by atoms with Crippen molar-refractivity contribution in [2.75, 3.05) is 24.7 Å². The summed E-state index contributed by atoms with van der Waals surface area (Å²) in [4.78, 5) is 22.6. The number of nitrogens with zero attached hydrogens (tertiary/aromatic N) is 3. The molecule has 3 aromatic rings. The predicted molar refractivity (Wildman–Crippen MR) is 101 cm³/mol. The van der Waals surface area contributed by atoms with E-state index in [1.807, 2.05) is 54.7 Å². The van der Waals surface area contributed by atoms with Crippen LogP contribution in [0, 0.1) is 0 Å². The summed E-state index contributed by atoms with van der Waals surface area (Å²) in [5, 5.41) is 5.79. The normalized spacial score (nSPS) is 10.8. The Bertz CT molecular complexity index is 830. The minimum absolute atomic E-state index is 0.00000415. The summed E-state index contributed by atoms with van der Waals surface area (Å²) in [7, 11) is 4.01. The number of amides is 1. The molecule has 2 heterocycles. The molecular weight excluding hydrogens is 340 g/mol. The number of thiophene rings is 1. The van der Waals surface area contributed by atoms with E-state index >= 15 is 0 Å². The lowest BCUT2D eigenvalue weighted by Gasteiger charge is -2.12. The second kappa shape index (κ2) is 7.63. The topological polar surface area (TPSA) is 58.1 Å². The first-order chi connectivity index (χ1) is 11.6. The SMILES string of the molecule is CN(C)c1ccc(CNC(=O)CSc2ncnc3ccsc23)cc1. The molecule has 5 nitrogen and oxygen atoms in total. The van der Waals surface area contributed by atoms with Crippen LogP contribution in [0.25, 0.3) is 10.2 Å². The number of carbonyl (C=O) groups excluding carboxylic acids is 1. The highest BCUT2D eigenvalue weighted by Gasteiger charge is 2.09. The van der Waals surface area contributed by atoms with Crippen molar-refractivity contribution < 1.29 is 4.79 Å². The van der Waals surface area contributed by atoms with Gasteiger partial charge in [0.25, 0.3) is 0 Å². The lowest BCUT2D eigenvalue weighted by Crippen LogP contribution is -2.24. The Morgan fingerprint density at radius 2 is 2.00 bits per heavy atom. The fraction of sp³-hybridized carbons (Fsp3) is 0.235. The van der Waals surface area contributed by atoms with Crippen LogP contribution in [0.4, 0.5) is 5.69 Å². The number of hydrogen-bond acceptors (Lipinski definition) is 6. The van der Waals surface area contributed by atoms with Crippen LogP contribution in [0.3, 0.4) is 0 Å². The third-order valence-electron chi connectivity index (χ3n) is 3.49. The average molecular weight is 358 g/mol.